The lowest BCUT2D eigenvalue weighted by molar-refractivity contribution is -0.117. The Morgan fingerprint density at radius 3 is 2.38 bits per heavy atom. The maximum absolute atomic E-state index is 13.2. The Kier molecular flexibility index (Phi) is 7.22. The summed E-state index contributed by atoms with van der Waals surface area (Å²) < 4.78 is 43.9. The van der Waals surface area contributed by atoms with Crippen molar-refractivity contribution in [3.63, 3.8) is 0 Å². The number of benzene rings is 3. The second-order valence-corrected chi connectivity index (χ2v) is 11.3. The van der Waals surface area contributed by atoms with Gasteiger partial charge in [-0.25, -0.2) is 17.3 Å². The number of ether oxygens (including phenoxy) is 1. The first-order chi connectivity index (χ1) is 19.1. The fourth-order valence-electron chi connectivity index (χ4n) is 4.14. The van der Waals surface area contributed by atoms with E-state index >= 15 is 0 Å². The Balaban J connectivity index is 1.30. The number of methoxy groups -OCH3 is 1. The first-order valence-corrected chi connectivity index (χ1v) is 14.2. The average molecular weight is 560 g/mol. The van der Waals surface area contributed by atoms with Crippen LogP contribution in [0.5, 0.6) is 5.75 Å². The van der Waals surface area contributed by atoms with Crippen LogP contribution in [-0.4, -0.2) is 42.3 Å². The third-order valence-electron chi connectivity index (χ3n) is 6.43. The number of hydrogen-bond donors (Lipinski definition) is 2. The molecule has 0 unspecified atom stereocenters. The number of carbonyl (C=O) groups excluding carboxylic acids is 1. The van der Waals surface area contributed by atoms with Gasteiger partial charge in [0.25, 0.3) is 0 Å². The molecule has 0 aliphatic heterocycles. The van der Waals surface area contributed by atoms with E-state index in [0.717, 1.165) is 22.9 Å². The number of amides is 1. The summed E-state index contributed by atoms with van der Waals surface area (Å²) in [5.74, 6) is -0.300. The van der Waals surface area contributed by atoms with Crippen LogP contribution in [0.4, 0.5) is 21.7 Å². The van der Waals surface area contributed by atoms with Crippen LogP contribution in [0.1, 0.15) is 18.4 Å². The zero-order valence-corrected chi connectivity index (χ0v) is 22.7. The number of halogens is 1. The summed E-state index contributed by atoms with van der Waals surface area (Å²) in [5, 5.41) is 10.4. The second kappa shape index (κ2) is 10.8. The molecular formula is C29H26FN5O4S. The zero-order chi connectivity index (χ0) is 28.4. The van der Waals surface area contributed by atoms with Crippen LogP contribution in [0.2, 0.25) is 0 Å². The van der Waals surface area contributed by atoms with Gasteiger partial charge < -0.3 is 15.4 Å². The van der Waals surface area contributed by atoms with Crippen LogP contribution in [0, 0.1) is 5.82 Å². The summed E-state index contributed by atoms with van der Waals surface area (Å²) in [6.07, 6.45) is 2.92. The summed E-state index contributed by atoms with van der Waals surface area (Å²) >= 11 is 0. The molecule has 0 bridgehead atoms. The number of nitrogens with one attached hydrogen (secondary N) is 2. The van der Waals surface area contributed by atoms with Crippen molar-refractivity contribution in [2.75, 3.05) is 24.0 Å². The van der Waals surface area contributed by atoms with E-state index in [4.69, 9.17) is 4.74 Å². The van der Waals surface area contributed by atoms with Gasteiger partial charge in [-0.3, -0.25) is 4.79 Å². The van der Waals surface area contributed by atoms with E-state index in [2.05, 4.69) is 20.7 Å². The third-order valence-corrected chi connectivity index (χ3v) is 7.54. The van der Waals surface area contributed by atoms with Crippen molar-refractivity contribution in [3.05, 3.63) is 96.4 Å². The molecule has 0 aliphatic rings. The fourth-order valence-corrected chi connectivity index (χ4v) is 4.78. The molecule has 5 aromatic rings. The fraction of sp³-hybridized carbons (Fsp3) is 0.138. The maximum Gasteiger partial charge on any atom is 0.247 e. The summed E-state index contributed by atoms with van der Waals surface area (Å²) in [5.41, 5.74) is 4.32. The van der Waals surface area contributed by atoms with Crippen LogP contribution in [0.15, 0.2) is 90.0 Å². The average Bonchev–Trinajstić information content (AvgIpc) is 3.34. The molecule has 9 nitrogen and oxygen atoms in total. The van der Waals surface area contributed by atoms with Crippen molar-refractivity contribution in [3.8, 4) is 16.9 Å². The van der Waals surface area contributed by atoms with Crippen molar-refractivity contribution >= 4 is 38.7 Å². The highest BCUT2D eigenvalue weighted by Gasteiger charge is 2.16. The molecule has 1 atom stereocenters. The Labute approximate surface area is 230 Å². The number of pyridine rings is 1. The lowest BCUT2D eigenvalue weighted by atomic mass is 10.00. The first-order valence-electron chi connectivity index (χ1n) is 12.3. The molecule has 11 heteroatoms. The van der Waals surface area contributed by atoms with E-state index in [0.29, 0.717) is 28.7 Å². The van der Waals surface area contributed by atoms with Crippen LogP contribution >= 0.6 is 0 Å². The standard InChI is InChI=1S/C29H26FN5O4S/c1-18(19-4-8-22(30)9-5-19)28(36)31-23-10-6-20(7-11-23)21-14-15-35-27(16-21)33-29(34-35)32-25-13-12-24(40(3,37)38)17-26(25)39-2/h4-18H,1-3H3,(H,31,36)(H,32,34)/t18-/m1/s1. The van der Waals surface area contributed by atoms with E-state index in [9.17, 15) is 17.6 Å². The summed E-state index contributed by atoms with van der Waals surface area (Å²) in [6, 6.07) is 21.6. The Hall–Kier alpha value is -4.77. The van der Waals surface area contributed by atoms with Crippen molar-refractivity contribution in [2.45, 2.75) is 17.7 Å². The Morgan fingerprint density at radius 2 is 1.70 bits per heavy atom. The lowest BCUT2D eigenvalue weighted by Gasteiger charge is -2.13. The minimum Gasteiger partial charge on any atom is -0.495 e. The third kappa shape index (κ3) is 5.79. The molecule has 2 heterocycles. The van der Waals surface area contributed by atoms with Crippen LogP contribution in [-0.2, 0) is 14.6 Å². The van der Waals surface area contributed by atoms with Crippen molar-refractivity contribution in [2.24, 2.45) is 0 Å². The van der Waals surface area contributed by atoms with Crippen molar-refractivity contribution in [1.82, 2.24) is 14.6 Å². The monoisotopic (exact) mass is 559 g/mol. The molecule has 0 saturated heterocycles. The van der Waals surface area contributed by atoms with E-state index in [1.165, 1.54) is 31.4 Å². The molecule has 5 rings (SSSR count). The topological polar surface area (TPSA) is 115 Å². The number of rotatable bonds is 8. The Morgan fingerprint density at radius 1 is 0.975 bits per heavy atom. The Bertz CT molecular complexity index is 1800. The minimum absolute atomic E-state index is 0.149. The number of nitrogens with zero attached hydrogens (tertiary/aromatic N) is 3. The van der Waals surface area contributed by atoms with Gasteiger partial charge in [-0.1, -0.05) is 24.3 Å². The van der Waals surface area contributed by atoms with Gasteiger partial charge in [0.05, 0.1) is 23.6 Å². The normalized spacial score (nSPS) is 12.2. The number of carbonyl (C=O) groups is 1. The minimum atomic E-state index is -3.38. The van der Waals surface area contributed by atoms with E-state index < -0.39 is 15.8 Å². The number of sulfone groups is 1. The summed E-state index contributed by atoms with van der Waals surface area (Å²) in [6.45, 7) is 1.77. The number of hydrogen-bond acceptors (Lipinski definition) is 7. The van der Waals surface area contributed by atoms with Crippen LogP contribution < -0.4 is 15.4 Å². The molecular weight excluding hydrogens is 533 g/mol. The molecule has 2 N–H and O–H groups in total. The van der Waals surface area contributed by atoms with Gasteiger partial charge in [-0.05, 0) is 72.1 Å². The summed E-state index contributed by atoms with van der Waals surface area (Å²) in [4.78, 5) is 17.4. The van der Waals surface area contributed by atoms with Gasteiger partial charge in [0.15, 0.2) is 15.5 Å². The molecule has 0 spiro atoms. The highest BCUT2D eigenvalue weighted by molar-refractivity contribution is 7.90. The number of anilines is 3. The molecule has 1 amide bonds. The smallest absolute Gasteiger partial charge is 0.247 e. The van der Waals surface area contributed by atoms with E-state index in [-0.39, 0.29) is 16.6 Å². The molecule has 40 heavy (non-hydrogen) atoms. The van der Waals surface area contributed by atoms with Crippen LogP contribution in [0.25, 0.3) is 16.8 Å². The highest BCUT2D eigenvalue weighted by Crippen LogP contribution is 2.30. The lowest BCUT2D eigenvalue weighted by Crippen LogP contribution is -2.18. The zero-order valence-electron chi connectivity index (χ0n) is 21.9. The largest absolute Gasteiger partial charge is 0.495 e. The maximum atomic E-state index is 13.2. The number of fused-ring (bicyclic) bond motifs is 1. The highest BCUT2D eigenvalue weighted by atomic mass is 32.2. The van der Waals surface area contributed by atoms with E-state index in [1.54, 1.807) is 35.8 Å². The van der Waals surface area contributed by atoms with Gasteiger partial charge in [0, 0.05) is 24.2 Å². The molecule has 204 valence electrons. The molecule has 0 radical (unpaired) electrons. The summed E-state index contributed by atoms with van der Waals surface area (Å²) in [7, 11) is -1.92. The van der Waals surface area contributed by atoms with Gasteiger partial charge in [0.2, 0.25) is 11.9 Å². The van der Waals surface area contributed by atoms with Gasteiger partial charge in [-0.2, -0.15) is 4.98 Å². The SMILES string of the molecule is COc1cc(S(C)(=O)=O)ccc1Nc1nc2cc(-c3ccc(NC(=O)[C@H](C)c4ccc(F)cc4)cc3)ccn2n1. The number of aromatic nitrogens is 3. The quantitative estimate of drug-likeness (QED) is 0.260. The molecule has 2 aromatic heterocycles. The van der Waals surface area contributed by atoms with Crippen LogP contribution in [0.3, 0.4) is 0 Å². The molecule has 0 aliphatic carbocycles. The second-order valence-electron chi connectivity index (χ2n) is 9.25. The van der Waals surface area contributed by atoms with Gasteiger partial charge >= 0.3 is 0 Å². The van der Waals surface area contributed by atoms with Crippen molar-refractivity contribution < 1.29 is 22.3 Å². The predicted octanol–water partition coefficient (Wildman–Crippen LogP) is 5.43. The van der Waals surface area contributed by atoms with Gasteiger partial charge in [0.1, 0.15) is 11.6 Å². The molecule has 3 aromatic carbocycles. The molecule has 0 fully saturated rings. The first kappa shape index (κ1) is 26.8. The van der Waals surface area contributed by atoms with Crippen molar-refractivity contribution in [1.29, 1.82) is 0 Å². The predicted molar refractivity (Wildman–Crippen MR) is 151 cm³/mol. The van der Waals surface area contributed by atoms with Gasteiger partial charge in [-0.15, -0.1) is 5.10 Å². The molecule has 0 saturated carbocycles. The van der Waals surface area contributed by atoms with E-state index in [1.807, 2.05) is 36.4 Å².